The summed E-state index contributed by atoms with van der Waals surface area (Å²) in [7, 11) is -3.63. The summed E-state index contributed by atoms with van der Waals surface area (Å²) >= 11 is 0. The van der Waals surface area contributed by atoms with Crippen molar-refractivity contribution < 1.29 is 13.5 Å². The van der Waals surface area contributed by atoms with E-state index in [2.05, 4.69) is 4.72 Å². The highest BCUT2D eigenvalue weighted by atomic mass is 32.2. The molecule has 18 heavy (non-hydrogen) atoms. The van der Waals surface area contributed by atoms with Crippen molar-refractivity contribution >= 4 is 15.7 Å². The van der Waals surface area contributed by atoms with Crippen LogP contribution in [0.3, 0.4) is 0 Å². The number of hydrogen-bond acceptors (Lipinski definition) is 4. The fraction of sp³-hybridized carbons (Fsp3) is 0.500. The van der Waals surface area contributed by atoms with E-state index >= 15 is 0 Å². The molecule has 0 fully saturated rings. The van der Waals surface area contributed by atoms with Gasteiger partial charge in [-0.15, -0.1) is 0 Å². The molecule has 1 atom stereocenters. The lowest BCUT2D eigenvalue weighted by Crippen LogP contribution is -2.40. The van der Waals surface area contributed by atoms with Crippen molar-refractivity contribution in [3.05, 3.63) is 23.8 Å². The SMILES string of the molecule is CCC(C)(O)CNS(=O)(=O)c1ccc(C)c(N)c1. The first kappa shape index (κ1) is 14.9. The van der Waals surface area contributed by atoms with Crippen LogP contribution < -0.4 is 10.5 Å². The number of nitrogens with two attached hydrogens (primary N) is 1. The molecule has 0 radical (unpaired) electrons. The van der Waals surface area contributed by atoms with Crippen molar-refractivity contribution in [3.8, 4) is 0 Å². The Balaban J connectivity index is 2.90. The molecule has 1 rings (SSSR count). The van der Waals surface area contributed by atoms with Crippen LogP contribution in [0, 0.1) is 6.92 Å². The molecule has 0 aromatic heterocycles. The summed E-state index contributed by atoms with van der Waals surface area (Å²) < 4.78 is 26.3. The summed E-state index contributed by atoms with van der Waals surface area (Å²) in [6, 6.07) is 4.56. The molecular weight excluding hydrogens is 252 g/mol. The molecule has 0 bridgehead atoms. The number of benzene rings is 1. The molecular formula is C12H20N2O3S. The zero-order valence-corrected chi connectivity index (χ0v) is 11.7. The lowest BCUT2D eigenvalue weighted by molar-refractivity contribution is 0.0613. The van der Waals surface area contributed by atoms with E-state index in [0.717, 1.165) is 5.56 Å². The number of anilines is 1. The van der Waals surface area contributed by atoms with Gasteiger partial charge in [0.05, 0.1) is 10.5 Å². The second-order valence-corrected chi connectivity index (χ2v) is 6.46. The number of hydrogen-bond donors (Lipinski definition) is 3. The molecule has 0 aliphatic carbocycles. The normalized spacial score (nSPS) is 15.3. The van der Waals surface area contributed by atoms with E-state index in [1.807, 2.05) is 0 Å². The highest BCUT2D eigenvalue weighted by Gasteiger charge is 2.22. The number of aryl methyl sites for hydroxylation is 1. The van der Waals surface area contributed by atoms with Crippen molar-refractivity contribution in [3.63, 3.8) is 0 Å². The van der Waals surface area contributed by atoms with Crippen LogP contribution in [-0.4, -0.2) is 25.7 Å². The molecule has 1 aromatic rings. The Bertz CT molecular complexity index is 524. The molecule has 0 saturated carbocycles. The van der Waals surface area contributed by atoms with Crippen molar-refractivity contribution in [2.75, 3.05) is 12.3 Å². The minimum Gasteiger partial charge on any atom is -0.398 e. The summed E-state index contributed by atoms with van der Waals surface area (Å²) in [5, 5.41) is 9.78. The van der Waals surface area contributed by atoms with E-state index in [4.69, 9.17) is 5.73 Å². The molecule has 5 nitrogen and oxygen atoms in total. The van der Waals surface area contributed by atoms with Crippen molar-refractivity contribution in [2.45, 2.75) is 37.7 Å². The molecule has 102 valence electrons. The summed E-state index contributed by atoms with van der Waals surface area (Å²) in [4.78, 5) is 0.109. The van der Waals surface area contributed by atoms with Crippen LogP contribution in [0.15, 0.2) is 23.1 Å². The van der Waals surface area contributed by atoms with Crippen LogP contribution >= 0.6 is 0 Å². The summed E-state index contributed by atoms with van der Waals surface area (Å²) in [6.07, 6.45) is 0.464. The van der Waals surface area contributed by atoms with Gasteiger partial charge in [0.1, 0.15) is 0 Å². The van der Waals surface area contributed by atoms with Crippen LogP contribution in [0.5, 0.6) is 0 Å². The van der Waals surface area contributed by atoms with Crippen molar-refractivity contribution in [1.29, 1.82) is 0 Å². The minimum atomic E-state index is -3.63. The first-order chi connectivity index (χ1) is 8.18. The summed E-state index contributed by atoms with van der Waals surface area (Å²) in [5.41, 5.74) is 5.89. The number of nitrogens with one attached hydrogen (secondary N) is 1. The number of rotatable bonds is 5. The highest BCUT2D eigenvalue weighted by molar-refractivity contribution is 7.89. The fourth-order valence-electron chi connectivity index (χ4n) is 1.24. The first-order valence-electron chi connectivity index (χ1n) is 5.76. The maximum atomic E-state index is 12.0. The van der Waals surface area contributed by atoms with Gasteiger partial charge in [-0.25, -0.2) is 13.1 Å². The maximum absolute atomic E-state index is 12.0. The van der Waals surface area contributed by atoms with Crippen LogP contribution in [0.4, 0.5) is 5.69 Å². The van der Waals surface area contributed by atoms with Gasteiger partial charge in [0.2, 0.25) is 10.0 Å². The van der Waals surface area contributed by atoms with Gasteiger partial charge in [-0.3, -0.25) is 0 Å². The monoisotopic (exact) mass is 272 g/mol. The Morgan fingerprint density at radius 2 is 2.06 bits per heavy atom. The van der Waals surface area contributed by atoms with Gasteiger partial charge in [0.25, 0.3) is 0 Å². The summed E-state index contributed by atoms with van der Waals surface area (Å²) in [5.74, 6) is 0. The van der Waals surface area contributed by atoms with Crippen LogP contribution in [0.1, 0.15) is 25.8 Å². The standard InChI is InChI=1S/C12H20N2O3S/c1-4-12(3,15)8-14-18(16,17)10-6-5-9(2)11(13)7-10/h5-7,14-15H,4,8,13H2,1-3H3. The number of nitrogen functional groups attached to an aromatic ring is 1. The molecule has 0 heterocycles. The largest absolute Gasteiger partial charge is 0.398 e. The third kappa shape index (κ3) is 3.69. The predicted octanol–water partition coefficient (Wildman–Crippen LogP) is 1.02. The van der Waals surface area contributed by atoms with Gasteiger partial charge in [-0.05, 0) is 38.0 Å². The maximum Gasteiger partial charge on any atom is 0.240 e. The third-order valence-electron chi connectivity index (χ3n) is 2.97. The lowest BCUT2D eigenvalue weighted by atomic mass is 10.1. The molecule has 0 spiro atoms. The van der Waals surface area contributed by atoms with E-state index in [-0.39, 0.29) is 11.4 Å². The Labute approximate surface area is 108 Å². The van der Waals surface area contributed by atoms with E-state index in [1.54, 1.807) is 26.8 Å². The van der Waals surface area contributed by atoms with Gasteiger partial charge < -0.3 is 10.8 Å². The predicted molar refractivity (Wildman–Crippen MR) is 71.7 cm³/mol. The average molecular weight is 272 g/mol. The topological polar surface area (TPSA) is 92.4 Å². The van der Waals surface area contributed by atoms with E-state index in [1.165, 1.54) is 12.1 Å². The van der Waals surface area contributed by atoms with Gasteiger partial charge in [-0.2, -0.15) is 0 Å². The molecule has 6 heteroatoms. The molecule has 0 aliphatic heterocycles. The van der Waals surface area contributed by atoms with Crippen molar-refractivity contribution in [1.82, 2.24) is 4.72 Å². The second kappa shape index (κ2) is 5.26. The quantitative estimate of drug-likeness (QED) is 0.698. The van der Waals surface area contributed by atoms with Gasteiger partial charge in [0.15, 0.2) is 0 Å². The second-order valence-electron chi connectivity index (χ2n) is 4.69. The molecule has 4 N–H and O–H groups in total. The number of sulfonamides is 1. The molecule has 1 unspecified atom stereocenters. The Hall–Kier alpha value is -1.11. The van der Waals surface area contributed by atoms with Crippen LogP contribution in [0.25, 0.3) is 0 Å². The van der Waals surface area contributed by atoms with Crippen LogP contribution in [-0.2, 0) is 10.0 Å². The molecule has 1 aromatic carbocycles. The van der Waals surface area contributed by atoms with Gasteiger partial charge >= 0.3 is 0 Å². The zero-order chi connectivity index (χ0) is 14.0. The molecule has 0 amide bonds. The average Bonchev–Trinajstić information content (AvgIpc) is 2.30. The Kier molecular flexibility index (Phi) is 4.37. The zero-order valence-electron chi connectivity index (χ0n) is 10.9. The fourth-order valence-corrected chi connectivity index (χ4v) is 2.44. The van der Waals surface area contributed by atoms with Crippen LogP contribution in [0.2, 0.25) is 0 Å². The van der Waals surface area contributed by atoms with Gasteiger partial charge in [0, 0.05) is 12.2 Å². The van der Waals surface area contributed by atoms with Gasteiger partial charge in [-0.1, -0.05) is 13.0 Å². The highest BCUT2D eigenvalue weighted by Crippen LogP contribution is 2.17. The van der Waals surface area contributed by atoms with Crippen molar-refractivity contribution in [2.24, 2.45) is 0 Å². The van der Waals surface area contributed by atoms with E-state index in [0.29, 0.717) is 12.1 Å². The van der Waals surface area contributed by atoms with E-state index < -0.39 is 15.6 Å². The number of aliphatic hydroxyl groups is 1. The Morgan fingerprint density at radius 1 is 1.44 bits per heavy atom. The first-order valence-corrected chi connectivity index (χ1v) is 7.24. The molecule has 0 saturated heterocycles. The van der Waals surface area contributed by atoms with E-state index in [9.17, 15) is 13.5 Å². The third-order valence-corrected chi connectivity index (χ3v) is 4.36. The lowest BCUT2D eigenvalue weighted by Gasteiger charge is -2.21. The smallest absolute Gasteiger partial charge is 0.240 e. The minimum absolute atomic E-state index is 0.0282. The Morgan fingerprint density at radius 3 is 2.56 bits per heavy atom. The summed E-state index contributed by atoms with van der Waals surface area (Å²) in [6.45, 7) is 5.15. The molecule has 0 aliphatic rings.